The number of hydrazine groups is 1. The quantitative estimate of drug-likeness (QED) is 0.616. The lowest BCUT2D eigenvalue weighted by Gasteiger charge is -2.27. The van der Waals surface area contributed by atoms with Gasteiger partial charge in [-0.15, -0.1) is 0 Å². The molecule has 0 bridgehead atoms. The van der Waals surface area contributed by atoms with Gasteiger partial charge in [0.2, 0.25) is 0 Å². The van der Waals surface area contributed by atoms with Crippen LogP contribution in [0.25, 0.3) is 0 Å². The van der Waals surface area contributed by atoms with Crippen molar-refractivity contribution in [1.82, 2.24) is 9.97 Å². The van der Waals surface area contributed by atoms with Crippen LogP contribution in [0.15, 0.2) is 0 Å². The molecule has 2 fully saturated rings. The SMILES string of the molecule is CCN(CC1CCCO1)c1nc(C2CC2)nc(NN)c1C. The summed E-state index contributed by atoms with van der Waals surface area (Å²) in [6.07, 6.45) is 4.98. The second-order valence-corrected chi connectivity index (χ2v) is 5.97. The summed E-state index contributed by atoms with van der Waals surface area (Å²) in [6.45, 7) is 6.87. The molecule has 3 N–H and O–H groups in total. The van der Waals surface area contributed by atoms with Gasteiger partial charge in [-0.1, -0.05) is 0 Å². The monoisotopic (exact) mass is 291 g/mol. The normalized spacial score (nSPS) is 21.6. The molecule has 0 amide bonds. The van der Waals surface area contributed by atoms with Crippen LogP contribution in [0.2, 0.25) is 0 Å². The van der Waals surface area contributed by atoms with Gasteiger partial charge in [-0.05, 0) is 39.5 Å². The van der Waals surface area contributed by atoms with Crippen molar-refractivity contribution in [3.8, 4) is 0 Å². The molecule has 1 aromatic rings. The van der Waals surface area contributed by atoms with Crippen LogP contribution in [0, 0.1) is 6.92 Å². The third-order valence-corrected chi connectivity index (χ3v) is 4.35. The Morgan fingerprint density at radius 2 is 2.14 bits per heavy atom. The Kier molecular flexibility index (Phi) is 4.26. The molecule has 1 aliphatic heterocycles. The molecule has 6 heteroatoms. The smallest absolute Gasteiger partial charge is 0.148 e. The van der Waals surface area contributed by atoms with Crippen molar-refractivity contribution in [2.75, 3.05) is 30.0 Å². The van der Waals surface area contributed by atoms with Crippen LogP contribution in [-0.4, -0.2) is 35.8 Å². The number of rotatable bonds is 6. The maximum atomic E-state index is 5.77. The lowest BCUT2D eigenvalue weighted by atomic mass is 10.2. The Morgan fingerprint density at radius 1 is 1.33 bits per heavy atom. The summed E-state index contributed by atoms with van der Waals surface area (Å²) in [6, 6.07) is 0. The number of nitrogens with zero attached hydrogens (tertiary/aromatic N) is 3. The van der Waals surface area contributed by atoms with Gasteiger partial charge in [0.25, 0.3) is 0 Å². The van der Waals surface area contributed by atoms with Crippen molar-refractivity contribution >= 4 is 11.6 Å². The highest BCUT2D eigenvalue weighted by atomic mass is 16.5. The van der Waals surface area contributed by atoms with E-state index in [0.717, 1.165) is 55.6 Å². The van der Waals surface area contributed by atoms with Crippen molar-refractivity contribution in [2.45, 2.75) is 51.6 Å². The predicted octanol–water partition coefficient (Wildman–Crippen LogP) is 1.95. The molecule has 1 aliphatic carbocycles. The van der Waals surface area contributed by atoms with Crippen LogP contribution in [0.5, 0.6) is 0 Å². The van der Waals surface area contributed by atoms with E-state index in [2.05, 4.69) is 22.2 Å². The summed E-state index contributed by atoms with van der Waals surface area (Å²) in [5, 5.41) is 0. The second-order valence-electron chi connectivity index (χ2n) is 5.97. The molecular weight excluding hydrogens is 266 g/mol. The summed E-state index contributed by atoms with van der Waals surface area (Å²) < 4.78 is 5.77. The third-order valence-electron chi connectivity index (χ3n) is 4.35. The zero-order valence-electron chi connectivity index (χ0n) is 12.9. The summed E-state index contributed by atoms with van der Waals surface area (Å²) >= 11 is 0. The van der Waals surface area contributed by atoms with Gasteiger partial charge in [0.15, 0.2) is 0 Å². The summed E-state index contributed by atoms with van der Waals surface area (Å²) in [4.78, 5) is 11.7. The van der Waals surface area contributed by atoms with E-state index in [9.17, 15) is 0 Å². The zero-order valence-corrected chi connectivity index (χ0v) is 12.9. The first kappa shape index (κ1) is 14.5. The first-order chi connectivity index (χ1) is 10.2. The van der Waals surface area contributed by atoms with E-state index in [1.165, 1.54) is 12.8 Å². The van der Waals surface area contributed by atoms with E-state index in [-0.39, 0.29) is 0 Å². The molecule has 1 atom stereocenters. The lowest BCUT2D eigenvalue weighted by molar-refractivity contribution is 0.115. The van der Waals surface area contributed by atoms with Crippen molar-refractivity contribution in [3.05, 3.63) is 11.4 Å². The number of aromatic nitrogens is 2. The Balaban J connectivity index is 1.87. The predicted molar refractivity (Wildman–Crippen MR) is 83.4 cm³/mol. The lowest BCUT2D eigenvalue weighted by Crippen LogP contribution is -2.34. The fraction of sp³-hybridized carbons (Fsp3) is 0.733. The van der Waals surface area contributed by atoms with Gasteiger partial charge in [-0.25, -0.2) is 15.8 Å². The van der Waals surface area contributed by atoms with Crippen LogP contribution >= 0.6 is 0 Å². The van der Waals surface area contributed by atoms with E-state index in [1.54, 1.807) is 0 Å². The number of hydrogen-bond acceptors (Lipinski definition) is 6. The molecule has 1 saturated heterocycles. The van der Waals surface area contributed by atoms with Crippen molar-refractivity contribution in [2.24, 2.45) is 5.84 Å². The highest BCUT2D eigenvalue weighted by Gasteiger charge is 2.29. The maximum Gasteiger partial charge on any atom is 0.148 e. The van der Waals surface area contributed by atoms with Crippen molar-refractivity contribution < 1.29 is 4.74 Å². The number of nitrogens with two attached hydrogens (primary N) is 1. The summed E-state index contributed by atoms with van der Waals surface area (Å²) in [5.74, 6) is 8.81. The van der Waals surface area contributed by atoms with Crippen LogP contribution in [0.3, 0.4) is 0 Å². The first-order valence-corrected chi connectivity index (χ1v) is 7.94. The number of hydrogen-bond donors (Lipinski definition) is 2. The number of anilines is 2. The topological polar surface area (TPSA) is 76.3 Å². The first-order valence-electron chi connectivity index (χ1n) is 7.94. The molecule has 21 heavy (non-hydrogen) atoms. The molecule has 1 unspecified atom stereocenters. The van der Waals surface area contributed by atoms with Crippen LogP contribution in [0.1, 0.15) is 49.9 Å². The Bertz CT molecular complexity index is 497. The van der Waals surface area contributed by atoms with E-state index >= 15 is 0 Å². The maximum absolute atomic E-state index is 5.77. The molecule has 0 aromatic carbocycles. The second kappa shape index (κ2) is 6.15. The molecule has 1 aromatic heterocycles. The minimum absolute atomic E-state index is 0.318. The molecule has 1 saturated carbocycles. The van der Waals surface area contributed by atoms with Gasteiger partial charge >= 0.3 is 0 Å². The van der Waals surface area contributed by atoms with Crippen molar-refractivity contribution in [1.29, 1.82) is 0 Å². The Hall–Kier alpha value is -1.40. The minimum atomic E-state index is 0.318. The van der Waals surface area contributed by atoms with E-state index < -0.39 is 0 Å². The highest BCUT2D eigenvalue weighted by Crippen LogP contribution is 2.40. The molecule has 116 valence electrons. The highest BCUT2D eigenvalue weighted by molar-refractivity contribution is 5.58. The molecule has 6 nitrogen and oxygen atoms in total. The van der Waals surface area contributed by atoms with Crippen LogP contribution < -0.4 is 16.2 Å². The van der Waals surface area contributed by atoms with Crippen molar-refractivity contribution in [3.63, 3.8) is 0 Å². The zero-order chi connectivity index (χ0) is 14.8. The van der Waals surface area contributed by atoms with E-state index in [0.29, 0.717) is 12.0 Å². The average molecular weight is 291 g/mol. The van der Waals surface area contributed by atoms with Gasteiger partial charge in [-0.3, -0.25) is 0 Å². The Morgan fingerprint density at radius 3 is 2.71 bits per heavy atom. The Labute approximate surface area is 126 Å². The van der Waals surface area contributed by atoms with Crippen LogP contribution in [-0.2, 0) is 4.74 Å². The van der Waals surface area contributed by atoms with E-state index in [1.807, 2.05) is 6.92 Å². The number of nitrogen functional groups attached to an aromatic ring is 1. The minimum Gasteiger partial charge on any atom is -0.376 e. The molecule has 3 rings (SSSR count). The van der Waals surface area contributed by atoms with Gasteiger partial charge in [0.05, 0.1) is 6.10 Å². The molecular formula is C15H25N5O. The summed E-state index contributed by atoms with van der Waals surface area (Å²) in [7, 11) is 0. The average Bonchev–Trinajstić information content (AvgIpc) is 3.22. The fourth-order valence-electron chi connectivity index (χ4n) is 2.89. The van der Waals surface area contributed by atoms with Gasteiger partial charge in [0.1, 0.15) is 17.5 Å². The summed E-state index contributed by atoms with van der Waals surface area (Å²) in [5.41, 5.74) is 3.74. The number of nitrogens with one attached hydrogen (secondary N) is 1. The van der Waals surface area contributed by atoms with Crippen LogP contribution in [0.4, 0.5) is 11.6 Å². The molecule has 0 radical (unpaired) electrons. The molecule has 0 spiro atoms. The van der Waals surface area contributed by atoms with Gasteiger partial charge in [-0.2, -0.15) is 0 Å². The van der Waals surface area contributed by atoms with E-state index in [4.69, 9.17) is 15.6 Å². The third kappa shape index (κ3) is 3.11. The largest absolute Gasteiger partial charge is 0.376 e. The van der Waals surface area contributed by atoms with Gasteiger partial charge in [0, 0.05) is 31.2 Å². The molecule has 2 heterocycles. The standard InChI is InChI=1S/C15H25N5O/c1-3-20(9-12-5-4-8-21-12)15-10(2)13(19-16)17-14(18-15)11-6-7-11/h11-12H,3-9,16H2,1-2H3,(H,17,18,19). The number of ether oxygens (including phenoxy) is 1. The number of likely N-dealkylation sites (N-methyl/N-ethyl adjacent to an activating group) is 1. The fourth-order valence-corrected chi connectivity index (χ4v) is 2.89. The van der Waals surface area contributed by atoms with Gasteiger partial charge < -0.3 is 15.1 Å². The molecule has 2 aliphatic rings.